The Balaban J connectivity index is 1.56. The van der Waals surface area contributed by atoms with Crippen LogP contribution in [0.4, 0.5) is 0 Å². The molecule has 2 nitrogen and oxygen atoms in total. The monoisotopic (exact) mass is 270 g/mol. The van der Waals surface area contributed by atoms with E-state index < -0.39 is 0 Å². The number of hydrogen-bond donors (Lipinski definition) is 0. The van der Waals surface area contributed by atoms with Crippen molar-refractivity contribution in [3.63, 3.8) is 0 Å². The smallest absolute Gasteiger partial charge is 0.0447 e. The molecule has 0 N–H and O–H groups in total. The summed E-state index contributed by atoms with van der Waals surface area (Å²) in [6, 6.07) is 8.74. The van der Waals surface area contributed by atoms with E-state index in [1.165, 1.54) is 48.6 Å². The van der Waals surface area contributed by atoms with E-state index in [1.807, 2.05) is 6.20 Å². The van der Waals surface area contributed by atoms with Gasteiger partial charge in [0.2, 0.25) is 0 Å². The van der Waals surface area contributed by atoms with Gasteiger partial charge in [0, 0.05) is 41.3 Å². The highest BCUT2D eigenvalue weighted by atomic mass is 32.1. The summed E-state index contributed by atoms with van der Waals surface area (Å²) in [5.41, 5.74) is 2.54. The third-order valence-electron chi connectivity index (χ3n) is 4.48. The van der Waals surface area contributed by atoms with Crippen LogP contribution in [0, 0.1) is 5.92 Å². The largest absolute Gasteiger partial charge is 0.302 e. The van der Waals surface area contributed by atoms with E-state index in [0.29, 0.717) is 5.92 Å². The van der Waals surface area contributed by atoms with Gasteiger partial charge in [-0.15, -0.1) is 11.3 Å². The SMILES string of the molecule is c1csc(-c2ccc(C3CC4CCN(C4)C3)nc2)c1. The summed E-state index contributed by atoms with van der Waals surface area (Å²) in [6.45, 7) is 3.83. The number of fused-ring (bicyclic) bond motifs is 2. The molecule has 2 saturated heterocycles. The van der Waals surface area contributed by atoms with Crippen molar-refractivity contribution in [3.05, 3.63) is 41.5 Å². The van der Waals surface area contributed by atoms with Crippen molar-refractivity contribution in [2.45, 2.75) is 18.8 Å². The Labute approximate surface area is 118 Å². The second-order valence-electron chi connectivity index (χ2n) is 5.80. The Morgan fingerprint density at radius 1 is 1.21 bits per heavy atom. The topological polar surface area (TPSA) is 16.1 Å². The molecule has 0 amide bonds. The highest BCUT2D eigenvalue weighted by Gasteiger charge is 2.33. The molecule has 2 aromatic rings. The van der Waals surface area contributed by atoms with Crippen molar-refractivity contribution in [1.82, 2.24) is 9.88 Å². The van der Waals surface area contributed by atoms with Crippen LogP contribution in [0.25, 0.3) is 10.4 Å². The lowest BCUT2D eigenvalue weighted by Crippen LogP contribution is -2.32. The molecule has 2 bridgehead atoms. The van der Waals surface area contributed by atoms with Crippen LogP contribution >= 0.6 is 11.3 Å². The molecule has 2 aliphatic heterocycles. The maximum atomic E-state index is 4.74. The molecular weight excluding hydrogens is 252 g/mol. The van der Waals surface area contributed by atoms with Gasteiger partial charge in [-0.25, -0.2) is 0 Å². The second-order valence-corrected chi connectivity index (χ2v) is 6.74. The number of hydrogen-bond acceptors (Lipinski definition) is 3. The molecule has 0 radical (unpaired) electrons. The lowest BCUT2D eigenvalue weighted by atomic mass is 9.89. The molecule has 19 heavy (non-hydrogen) atoms. The summed E-state index contributed by atoms with van der Waals surface area (Å²) in [4.78, 5) is 8.65. The van der Waals surface area contributed by atoms with Crippen LogP contribution in [0.5, 0.6) is 0 Å². The molecule has 0 aromatic carbocycles. The summed E-state index contributed by atoms with van der Waals surface area (Å²) in [5, 5.41) is 2.12. The highest BCUT2D eigenvalue weighted by molar-refractivity contribution is 7.13. The predicted molar refractivity (Wildman–Crippen MR) is 79.5 cm³/mol. The van der Waals surface area contributed by atoms with E-state index in [-0.39, 0.29) is 0 Å². The van der Waals surface area contributed by atoms with Gasteiger partial charge in [0.25, 0.3) is 0 Å². The van der Waals surface area contributed by atoms with Crippen LogP contribution in [0.3, 0.4) is 0 Å². The van der Waals surface area contributed by atoms with Gasteiger partial charge in [-0.05, 0) is 42.8 Å². The fourth-order valence-electron chi connectivity index (χ4n) is 3.51. The van der Waals surface area contributed by atoms with Crippen LogP contribution in [-0.2, 0) is 0 Å². The zero-order valence-corrected chi connectivity index (χ0v) is 11.8. The first-order valence-electron chi connectivity index (χ1n) is 7.10. The van der Waals surface area contributed by atoms with Crippen LogP contribution in [-0.4, -0.2) is 29.5 Å². The van der Waals surface area contributed by atoms with Gasteiger partial charge in [-0.2, -0.15) is 0 Å². The molecule has 0 aliphatic carbocycles. The number of nitrogens with zero attached hydrogens (tertiary/aromatic N) is 2. The molecule has 2 aliphatic rings. The molecule has 3 atom stereocenters. The van der Waals surface area contributed by atoms with Crippen LogP contribution < -0.4 is 0 Å². The number of piperidine rings is 1. The van der Waals surface area contributed by atoms with E-state index >= 15 is 0 Å². The second kappa shape index (κ2) is 4.73. The summed E-state index contributed by atoms with van der Waals surface area (Å²) in [7, 11) is 0. The summed E-state index contributed by atoms with van der Waals surface area (Å²) in [6.07, 6.45) is 4.78. The quantitative estimate of drug-likeness (QED) is 0.828. The first kappa shape index (κ1) is 11.6. The average molecular weight is 270 g/mol. The van der Waals surface area contributed by atoms with E-state index in [2.05, 4.69) is 34.5 Å². The van der Waals surface area contributed by atoms with Crippen LogP contribution in [0.15, 0.2) is 35.8 Å². The first-order chi connectivity index (χ1) is 9.38. The normalized spacial score (nSPS) is 29.6. The van der Waals surface area contributed by atoms with E-state index in [1.54, 1.807) is 11.3 Å². The molecular formula is C16H18N2S. The zero-order chi connectivity index (χ0) is 12.7. The molecule has 2 fully saturated rings. The zero-order valence-electron chi connectivity index (χ0n) is 11.0. The van der Waals surface area contributed by atoms with Crippen molar-refractivity contribution in [3.8, 4) is 10.4 Å². The molecule has 98 valence electrons. The Morgan fingerprint density at radius 2 is 2.21 bits per heavy atom. The van der Waals surface area contributed by atoms with Gasteiger partial charge < -0.3 is 4.90 Å². The first-order valence-corrected chi connectivity index (χ1v) is 7.98. The maximum absolute atomic E-state index is 4.74. The van der Waals surface area contributed by atoms with Gasteiger partial charge in [-0.1, -0.05) is 12.1 Å². The molecule has 0 saturated carbocycles. The fourth-order valence-corrected chi connectivity index (χ4v) is 4.23. The van der Waals surface area contributed by atoms with Crippen LogP contribution in [0.1, 0.15) is 24.5 Å². The summed E-state index contributed by atoms with van der Waals surface area (Å²) in [5.74, 6) is 1.57. The molecule has 3 unspecified atom stereocenters. The molecule has 2 aromatic heterocycles. The van der Waals surface area contributed by atoms with Gasteiger partial charge in [0.1, 0.15) is 0 Å². The van der Waals surface area contributed by atoms with E-state index in [0.717, 1.165) is 5.92 Å². The maximum Gasteiger partial charge on any atom is 0.0447 e. The van der Waals surface area contributed by atoms with E-state index in [9.17, 15) is 0 Å². The van der Waals surface area contributed by atoms with Crippen LogP contribution in [0.2, 0.25) is 0 Å². The minimum absolute atomic E-state index is 0.652. The number of rotatable bonds is 2. The Bertz CT molecular complexity index is 535. The van der Waals surface area contributed by atoms with Crippen molar-refractivity contribution < 1.29 is 0 Å². The van der Waals surface area contributed by atoms with Gasteiger partial charge in [-0.3, -0.25) is 4.98 Å². The Morgan fingerprint density at radius 3 is 2.95 bits per heavy atom. The minimum Gasteiger partial charge on any atom is -0.302 e. The van der Waals surface area contributed by atoms with Crippen molar-refractivity contribution in [1.29, 1.82) is 0 Å². The van der Waals surface area contributed by atoms with E-state index in [4.69, 9.17) is 4.98 Å². The van der Waals surface area contributed by atoms with Gasteiger partial charge in [0.15, 0.2) is 0 Å². The summed E-state index contributed by atoms with van der Waals surface area (Å²) < 4.78 is 0. The van der Waals surface area contributed by atoms with Crippen molar-refractivity contribution >= 4 is 11.3 Å². The van der Waals surface area contributed by atoms with Crippen molar-refractivity contribution in [2.24, 2.45) is 5.92 Å². The molecule has 0 spiro atoms. The van der Waals surface area contributed by atoms with Gasteiger partial charge in [0.05, 0.1) is 0 Å². The van der Waals surface area contributed by atoms with Crippen molar-refractivity contribution in [2.75, 3.05) is 19.6 Å². The summed E-state index contributed by atoms with van der Waals surface area (Å²) >= 11 is 1.78. The third-order valence-corrected chi connectivity index (χ3v) is 5.40. The predicted octanol–water partition coefficient (Wildman–Crippen LogP) is 3.62. The standard InChI is InChI=1S/C16H18N2S/c1-2-16(19-7-1)13-3-4-15(17-9-13)14-8-12-5-6-18(10-12)11-14/h1-4,7,9,12,14H,5-6,8,10-11H2. The minimum atomic E-state index is 0.652. The molecule has 4 heterocycles. The fraction of sp³-hybridized carbons (Fsp3) is 0.438. The Kier molecular flexibility index (Phi) is 2.89. The van der Waals surface area contributed by atoms with Gasteiger partial charge >= 0.3 is 0 Å². The lowest BCUT2D eigenvalue weighted by molar-refractivity contribution is 0.241. The number of aromatic nitrogens is 1. The lowest BCUT2D eigenvalue weighted by Gasteiger charge is -2.29. The average Bonchev–Trinajstić information content (AvgIpc) is 3.09. The number of pyridine rings is 1. The Hall–Kier alpha value is -1.19. The molecule has 4 rings (SSSR count). The highest BCUT2D eigenvalue weighted by Crippen LogP contribution is 2.35. The third kappa shape index (κ3) is 2.21. The molecule has 3 heteroatoms. The number of thiophene rings is 1.